The molecular weight excluding hydrogens is 226 g/mol. The van der Waals surface area contributed by atoms with Gasteiger partial charge < -0.3 is 15.2 Å². The molecule has 18 heavy (non-hydrogen) atoms. The lowest BCUT2D eigenvalue weighted by atomic mass is 9.89. The zero-order valence-electron chi connectivity index (χ0n) is 11.5. The molecule has 0 bridgehead atoms. The van der Waals surface area contributed by atoms with Crippen LogP contribution in [0.5, 0.6) is 0 Å². The molecule has 3 heteroatoms. The highest BCUT2D eigenvalue weighted by Gasteiger charge is 2.20. The number of hydrogen-bond donors (Lipinski definition) is 2. The van der Waals surface area contributed by atoms with Crippen LogP contribution in [0.4, 0.5) is 0 Å². The molecule has 1 atom stereocenters. The molecule has 0 amide bonds. The van der Waals surface area contributed by atoms with Gasteiger partial charge >= 0.3 is 0 Å². The third-order valence-electron chi connectivity index (χ3n) is 4.14. The summed E-state index contributed by atoms with van der Waals surface area (Å²) in [5.74, 6) is 0.853. The van der Waals surface area contributed by atoms with Crippen molar-refractivity contribution in [3.8, 4) is 0 Å². The van der Waals surface area contributed by atoms with Crippen LogP contribution in [0.2, 0.25) is 0 Å². The van der Waals surface area contributed by atoms with E-state index in [1.165, 1.54) is 12.8 Å². The Morgan fingerprint density at radius 1 is 1.22 bits per heavy atom. The van der Waals surface area contributed by atoms with E-state index in [9.17, 15) is 5.11 Å². The quantitative estimate of drug-likeness (QED) is 0.713. The van der Waals surface area contributed by atoms with Crippen LogP contribution in [-0.4, -0.2) is 36.5 Å². The Labute approximate surface area is 111 Å². The Morgan fingerprint density at radius 3 is 2.56 bits per heavy atom. The summed E-state index contributed by atoms with van der Waals surface area (Å²) in [4.78, 5) is 0. The molecule has 2 aliphatic rings. The standard InChI is InChI=1S/C15H27NO2/c1-12-6-8-15(9-7-12)18-11-14(17)10-16-13-4-2-3-5-13/h2-3,12-17H,4-11H2,1H3. The van der Waals surface area contributed by atoms with Gasteiger partial charge in [-0.1, -0.05) is 19.1 Å². The van der Waals surface area contributed by atoms with E-state index in [4.69, 9.17) is 4.74 Å². The van der Waals surface area contributed by atoms with Crippen molar-refractivity contribution in [3.05, 3.63) is 12.2 Å². The second-order valence-electron chi connectivity index (χ2n) is 5.92. The van der Waals surface area contributed by atoms with Gasteiger partial charge in [-0.3, -0.25) is 0 Å². The van der Waals surface area contributed by atoms with Crippen LogP contribution in [0.25, 0.3) is 0 Å². The second kappa shape index (κ2) is 7.27. The highest BCUT2D eigenvalue weighted by molar-refractivity contribution is 4.97. The predicted octanol–water partition coefficient (Wildman–Crippen LogP) is 2.25. The van der Waals surface area contributed by atoms with Crippen LogP contribution in [0, 0.1) is 5.92 Å². The molecule has 104 valence electrons. The van der Waals surface area contributed by atoms with Crippen molar-refractivity contribution in [2.45, 2.75) is 63.7 Å². The number of hydrogen-bond acceptors (Lipinski definition) is 3. The fourth-order valence-electron chi connectivity index (χ4n) is 2.79. The smallest absolute Gasteiger partial charge is 0.0897 e. The van der Waals surface area contributed by atoms with E-state index in [0.717, 1.165) is 31.6 Å². The summed E-state index contributed by atoms with van der Waals surface area (Å²) in [6, 6.07) is 0.523. The van der Waals surface area contributed by atoms with Gasteiger partial charge in [0.2, 0.25) is 0 Å². The third-order valence-corrected chi connectivity index (χ3v) is 4.14. The molecule has 2 aliphatic carbocycles. The fraction of sp³-hybridized carbons (Fsp3) is 0.867. The lowest BCUT2D eigenvalue weighted by Crippen LogP contribution is -2.37. The number of aliphatic hydroxyl groups is 1. The van der Waals surface area contributed by atoms with Crippen molar-refractivity contribution in [1.82, 2.24) is 5.32 Å². The monoisotopic (exact) mass is 253 g/mol. The van der Waals surface area contributed by atoms with E-state index in [1.807, 2.05) is 0 Å². The Kier molecular flexibility index (Phi) is 5.67. The summed E-state index contributed by atoms with van der Waals surface area (Å²) in [5, 5.41) is 13.3. The first kappa shape index (κ1) is 14.0. The van der Waals surface area contributed by atoms with E-state index in [0.29, 0.717) is 25.3 Å². The first-order valence-electron chi connectivity index (χ1n) is 7.42. The molecule has 0 spiro atoms. The van der Waals surface area contributed by atoms with Gasteiger partial charge in [0.25, 0.3) is 0 Å². The fourth-order valence-corrected chi connectivity index (χ4v) is 2.79. The van der Waals surface area contributed by atoms with Crippen LogP contribution in [0.3, 0.4) is 0 Å². The molecule has 0 heterocycles. The van der Waals surface area contributed by atoms with E-state index in [-0.39, 0.29) is 6.10 Å². The van der Waals surface area contributed by atoms with Crippen LogP contribution >= 0.6 is 0 Å². The minimum Gasteiger partial charge on any atom is -0.389 e. The molecule has 0 aromatic carbocycles. The van der Waals surface area contributed by atoms with E-state index in [2.05, 4.69) is 24.4 Å². The topological polar surface area (TPSA) is 41.5 Å². The van der Waals surface area contributed by atoms with Crippen molar-refractivity contribution < 1.29 is 9.84 Å². The molecule has 0 saturated heterocycles. The van der Waals surface area contributed by atoms with Crippen molar-refractivity contribution in [1.29, 1.82) is 0 Å². The first-order valence-corrected chi connectivity index (χ1v) is 7.42. The summed E-state index contributed by atoms with van der Waals surface area (Å²) in [5.41, 5.74) is 0. The molecule has 2 rings (SSSR count). The normalized spacial score (nSPS) is 30.8. The summed E-state index contributed by atoms with van der Waals surface area (Å²) < 4.78 is 5.80. The zero-order chi connectivity index (χ0) is 12.8. The Morgan fingerprint density at radius 2 is 1.89 bits per heavy atom. The zero-order valence-corrected chi connectivity index (χ0v) is 11.5. The molecule has 1 saturated carbocycles. The van der Waals surface area contributed by atoms with Crippen molar-refractivity contribution in [2.24, 2.45) is 5.92 Å². The maximum absolute atomic E-state index is 9.88. The van der Waals surface area contributed by atoms with Crippen LogP contribution in [-0.2, 0) is 4.74 Å². The highest BCUT2D eigenvalue weighted by Crippen LogP contribution is 2.25. The summed E-state index contributed by atoms with van der Waals surface area (Å²) in [6.45, 7) is 3.44. The maximum atomic E-state index is 9.88. The van der Waals surface area contributed by atoms with Crippen molar-refractivity contribution >= 4 is 0 Å². The Balaban J connectivity index is 1.52. The Bertz CT molecular complexity index is 251. The third kappa shape index (κ3) is 4.71. The average molecular weight is 253 g/mol. The minimum absolute atomic E-state index is 0.370. The number of aliphatic hydroxyl groups excluding tert-OH is 1. The molecule has 0 aromatic rings. The molecular formula is C15H27NO2. The Hall–Kier alpha value is -0.380. The summed E-state index contributed by atoms with van der Waals surface area (Å²) >= 11 is 0. The lowest BCUT2D eigenvalue weighted by Gasteiger charge is -2.27. The van der Waals surface area contributed by atoms with Gasteiger partial charge in [-0.25, -0.2) is 0 Å². The van der Waals surface area contributed by atoms with Crippen molar-refractivity contribution in [2.75, 3.05) is 13.2 Å². The summed E-state index contributed by atoms with van der Waals surface area (Å²) in [7, 11) is 0. The predicted molar refractivity (Wildman–Crippen MR) is 73.5 cm³/mol. The van der Waals surface area contributed by atoms with Gasteiger partial charge in [0, 0.05) is 12.6 Å². The number of ether oxygens (including phenoxy) is 1. The van der Waals surface area contributed by atoms with E-state index < -0.39 is 0 Å². The molecule has 3 nitrogen and oxygen atoms in total. The maximum Gasteiger partial charge on any atom is 0.0897 e. The molecule has 0 radical (unpaired) electrons. The molecule has 1 unspecified atom stereocenters. The first-order chi connectivity index (χ1) is 8.74. The van der Waals surface area contributed by atoms with Gasteiger partial charge in [0.05, 0.1) is 18.8 Å². The van der Waals surface area contributed by atoms with E-state index >= 15 is 0 Å². The molecule has 0 aliphatic heterocycles. The average Bonchev–Trinajstić information content (AvgIpc) is 2.89. The number of nitrogens with one attached hydrogen (secondary N) is 1. The number of rotatable bonds is 6. The van der Waals surface area contributed by atoms with Gasteiger partial charge in [-0.15, -0.1) is 0 Å². The minimum atomic E-state index is -0.370. The van der Waals surface area contributed by atoms with E-state index in [1.54, 1.807) is 0 Å². The van der Waals surface area contributed by atoms with Crippen LogP contribution in [0.1, 0.15) is 45.4 Å². The van der Waals surface area contributed by atoms with Crippen LogP contribution < -0.4 is 5.32 Å². The van der Waals surface area contributed by atoms with Crippen LogP contribution in [0.15, 0.2) is 12.2 Å². The largest absolute Gasteiger partial charge is 0.389 e. The van der Waals surface area contributed by atoms with Gasteiger partial charge in [-0.05, 0) is 44.4 Å². The second-order valence-corrected chi connectivity index (χ2v) is 5.92. The molecule has 0 aromatic heterocycles. The molecule has 1 fully saturated rings. The van der Waals surface area contributed by atoms with Gasteiger partial charge in [0.1, 0.15) is 0 Å². The SMILES string of the molecule is CC1CCC(OCC(O)CNC2CC=CC2)CC1. The van der Waals surface area contributed by atoms with Crippen molar-refractivity contribution in [3.63, 3.8) is 0 Å². The lowest BCUT2D eigenvalue weighted by molar-refractivity contribution is -0.0283. The summed E-state index contributed by atoms with van der Waals surface area (Å²) in [6.07, 6.45) is 11.4. The van der Waals surface area contributed by atoms with Gasteiger partial charge in [-0.2, -0.15) is 0 Å². The highest BCUT2D eigenvalue weighted by atomic mass is 16.5. The van der Waals surface area contributed by atoms with Gasteiger partial charge in [0.15, 0.2) is 0 Å². The molecule has 2 N–H and O–H groups in total.